The molecule has 2 heterocycles. The van der Waals surface area contributed by atoms with Gasteiger partial charge < -0.3 is 9.84 Å². The quantitative estimate of drug-likeness (QED) is 0.945. The van der Waals surface area contributed by atoms with Crippen LogP contribution in [-0.2, 0) is 12.0 Å². The average molecular weight is 293 g/mol. The second-order valence-electron chi connectivity index (χ2n) is 5.64. The standard InChI is InChI=1S/C15H17F2N3O/c1-15(6-2-3-7-18-15)14-19-13(20-21-14)8-10-4-5-11(16)9-12(10)17/h4-5,9,18H,2-3,6-8H2,1H3. The van der Waals surface area contributed by atoms with E-state index in [-0.39, 0.29) is 12.0 Å². The summed E-state index contributed by atoms with van der Waals surface area (Å²) in [5, 5.41) is 7.30. The molecule has 0 spiro atoms. The molecule has 6 heteroatoms. The Morgan fingerprint density at radius 3 is 2.90 bits per heavy atom. The lowest BCUT2D eigenvalue weighted by atomic mass is 9.91. The van der Waals surface area contributed by atoms with Gasteiger partial charge in [0.1, 0.15) is 11.6 Å². The first kappa shape index (κ1) is 14.1. The van der Waals surface area contributed by atoms with Crippen molar-refractivity contribution in [2.45, 2.75) is 38.1 Å². The molecule has 1 aliphatic heterocycles. The third-order valence-corrected chi connectivity index (χ3v) is 3.92. The largest absolute Gasteiger partial charge is 0.337 e. The van der Waals surface area contributed by atoms with Crippen molar-refractivity contribution in [3.05, 3.63) is 47.1 Å². The van der Waals surface area contributed by atoms with Crippen LogP contribution in [-0.4, -0.2) is 16.7 Å². The zero-order chi connectivity index (χ0) is 14.9. The van der Waals surface area contributed by atoms with Crippen molar-refractivity contribution in [2.24, 2.45) is 0 Å². The van der Waals surface area contributed by atoms with E-state index in [1.165, 1.54) is 12.1 Å². The van der Waals surface area contributed by atoms with Crippen LogP contribution in [0.1, 0.15) is 43.5 Å². The predicted molar refractivity (Wildman–Crippen MR) is 72.7 cm³/mol. The van der Waals surface area contributed by atoms with Crippen LogP contribution in [0.5, 0.6) is 0 Å². The van der Waals surface area contributed by atoms with Gasteiger partial charge in [-0.15, -0.1) is 0 Å². The lowest BCUT2D eigenvalue weighted by Crippen LogP contribution is -2.43. The van der Waals surface area contributed by atoms with E-state index in [9.17, 15) is 8.78 Å². The molecule has 1 N–H and O–H groups in total. The maximum Gasteiger partial charge on any atom is 0.246 e. The van der Waals surface area contributed by atoms with Gasteiger partial charge in [-0.3, -0.25) is 0 Å². The summed E-state index contributed by atoms with van der Waals surface area (Å²) in [6.45, 7) is 2.95. The molecule has 3 rings (SSSR count). The number of hydrogen-bond acceptors (Lipinski definition) is 4. The summed E-state index contributed by atoms with van der Waals surface area (Å²) in [7, 11) is 0. The molecule has 0 aliphatic carbocycles. The molecular formula is C15H17F2N3O. The first-order chi connectivity index (χ1) is 10.1. The van der Waals surface area contributed by atoms with Gasteiger partial charge in [0.05, 0.1) is 5.54 Å². The predicted octanol–water partition coefficient (Wildman–Crippen LogP) is 2.93. The van der Waals surface area contributed by atoms with E-state index < -0.39 is 11.6 Å². The number of rotatable bonds is 3. The highest BCUT2D eigenvalue weighted by Crippen LogP contribution is 2.28. The second kappa shape index (κ2) is 5.52. The van der Waals surface area contributed by atoms with Crippen LogP contribution in [0, 0.1) is 11.6 Å². The number of nitrogens with one attached hydrogen (secondary N) is 1. The Hall–Kier alpha value is -1.82. The lowest BCUT2D eigenvalue weighted by molar-refractivity contribution is 0.206. The van der Waals surface area contributed by atoms with Crippen molar-refractivity contribution in [3.63, 3.8) is 0 Å². The summed E-state index contributed by atoms with van der Waals surface area (Å²) < 4.78 is 31.8. The van der Waals surface area contributed by atoms with Crippen molar-refractivity contribution in [3.8, 4) is 0 Å². The summed E-state index contributed by atoms with van der Waals surface area (Å²) in [4.78, 5) is 4.36. The van der Waals surface area contributed by atoms with Gasteiger partial charge in [0.2, 0.25) is 5.89 Å². The van der Waals surface area contributed by atoms with Gasteiger partial charge in [-0.25, -0.2) is 8.78 Å². The van der Waals surface area contributed by atoms with Crippen molar-refractivity contribution in [1.82, 2.24) is 15.5 Å². The molecule has 0 bridgehead atoms. The molecular weight excluding hydrogens is 276 g/mol. The second-order valence-corrected chi connectivity index (χ2v) is 5.64. The van der Waals surface area contributed by atoms with E-state index in [2.05, 4.69) is 15.5 Å². The van der Waals surface area contributed by atoms with Gasteiger partial charge in [-0.1, -0.05) is 11.2 Å². The summed E-state index contributed by atoms with van der Waals surface area (Å²) in [5.74, 6) is -0.254. The SMILES string of the molecule is CC1(c2nc(Cc3ccc(F)cc3F)no2)CCCCN1. The van der Waals surface area contributed by atoms with Crippen LogP contribution in [0.15, 0.2) is 22.7 Å². The number of hydrogen-bond donors (Lipinski definition) is 1. The van der Waals surface area contributed by atoms with Crippen LogP contribution < -0.4 is 5.32 Å². The van der Waals surface area contributed by atoms with Crippen molar-refractivity contribution < 1.29 is 13.3 Å². The smallest absolute Gasteiger partial charge is 0.246 e. The average Bonchev–Trinajstić information content (AvgIpc) is 2.92. The number of aromatic nitrogens is 2. The molecule has 0 radical (unpaired) electrons. The van der Waals surface area contributed by atoms with Gasteiger partial charge in [0.25, 0.3) is 0 Å². The van der Waals surface area contributed by atoms with Crippen molar-refractivity contribution >= 4 is 0 Å². The maximum atomic E-state index is 13.6. The van der Waals surface area contributed by atoms with Gasteiger partial charge in [-0.2, -0.15) is 4.98 Å². The summed E-state index contributed by atoms with van der Waals surface area (Å²) in [6.07, 6.45) is 3.36. The fraction of sp³-hybridized carbons (Fsp3) is 0.467. The highest BCUT2D eigenvalue weighted by atomic mass is 19.1. The fourth-order valence-electron chi connectivity index (χ4n) is 2.62. The molecule has 1 aromatic carbocycles. The molecule has 1 aliphatic rings. The Balaban J connectivity index is 1.78. The molecule has 112 valence electrons. The lowest BCUT2D eigenvalue weighted by Gasteiger charge is -2.31. The van der Waals surface area contributed by atoms with Crippen LogP contribution >= 0.6 is 0 Å². The Kier molecular flexibility index (Phi) is 3.71. The van der Waals surface area contributed by atoms with Crippen LogP contribution in [0.3, 0.4) is 0 Å². The molecule has 1 atom stereocenters. The Bertz CT molecular complexity index is 636. The Morgan fingerprint density at radius 1 is 1.33 bits per heavy atom. The first-order valence-electron chi connectivity index (χ1n) is 7.09. The van der Waals surface area contributed by atoms with Gasteiger partial charge in [0.15, 0.2) is 5.82 Å². The van der Waals surface area contributed by atoms with Crippen LogP contribution in [0.25, 0.3) is 0 Å². The number of nitrogens with zero attached hydrogens (tertiary/aromatic N) is 2. The fourth-order valence-corrected chi connectivity index (χ4v) is 2.62. The monoisotopic (exact) mass is 293 g/mol. The summed E-state index contributed by atoms with van der Waals surface area (Å²) in [6, 6.07) is 3.49. The molecule has 21 heavy (non-hydrogen) atoms. The molecule has 1 saturated heterocycles. The zero-order valence-corrected chi connectivity index (χ0v) is 11.8. The highest BCUT2D eigenvalue weighted by molar-refractivity contribution is 5.22. The van der Waals surface area contributed by atoms with E-state index in [4.69, 9.17) is 4.52 Å². The minimum atomic E-state index is -0.594. The molecule has 2 aromatic rings. The highest BCUT2D eigenvalue weighted by Gasteiger charge is 2.34. The third-order valence-electron chi connectivity index (χ3n) is 3.92. The summed E-state index contributed by atoms with van der Waals surface area (Å²) >= 11 is 0. The Morgan fingerprint density at radius 2 is 2.19 bits per heavy atom. The maximum absolute atomic E-state index is 13.6. The first-order valence-corrected chi connectivity index (χ1v) is 7.09. The normalized spacial score (nSPS) is 22.4. The molecule has 4 nitrogen and oxygen atoms in total. The molecule has 1 aromatic heterocycles. The molecule has 1 fully saturated rings. The third kappa shape index (κ3) is 2.95. The van der Waals surface area contributed by atoms with E-state index in [1.54, 1.807) is 0 Å². The van der Waals surface area contributed by atoms with Crippen LogP contribution in [0.4, 0.5) is 8.78 Å². The molecule has 0 saturated carbocycles. The zero-order valence-electron chi connectivity index (χ0n) is 11.8. The van der Waals surface area contributed by atoms with Crippen molar-refractivity contribution in [2.75, 3.05) is 6.54 Å². The number of benzene rings is 1. The van der Waals surface area contributed by atoms with E-state index in [0.717, 1.165) is 31.9 Å². The van der Waals surface area contributed by atoms with E-state index >= 15 is 0 Å². The topological polar surface area (TPSA) is 51.0 Å². The molecule has 0 amide bonds. The van der Waals surface area contributed by atoms with Gasteiger partial charge in [-0.05, 0) is 44.4 Å². The van der Waals surface area contributed by atoms with Gasteiger partial charge in [0, 0.05) is 12.5 Å². The van der Waals surface area contributed by atoms with E-state index in [0.29, 0.717) is 17.3 Å². The molecule has 1 unspecified atom stereocenters. The minimum absolute atomic E-state index is 0.186. The number of piperidine rings is 1. The van der Waals surface area contributed by atoms with Crippen LogP contribution in [0.2, 0.25) is 0 Å². The van der Waals surface area contributed by atoms with Crippen molar-refractivity contribution in [1.29, 1.82) is 0 Å². The summed E-state index contributed by atoms with van der Waals surface area (Å²) in [5.41, 5.74) is 0.0377. The van der Waals surface area contributed by atoms with E-state index in [1.807, 2.05) is 6.92 Å². The minimum Gasteiger partial charge on any atom is -0.337 e. The van der Waals surface area contributed by atoms with Gasteiger partial charge >= 0.3 is 0 Å². The number of halogens is 2. The Labute approximate surface area is 121 Å².